The quantitative estimate of drug-likeness (QED) is 0.113. The number of carbonyl (C=O) groups excluding carboxylic acids is 1. The summed E-state index contributed by atoms with van der Waals surface area (Å²) >= 11 is 4.33. The zero-order valence-electron chi connectivity index (χ0n) is 17.7. The zero-order chi connectivity index (χ0) is 24.9. The van der Waals surface area contributed by atoms with E-state index in [-0.39, 0.29) is 18.1 Å². The largest absolute Gasteiger partial charge is 0.487 e. The molecule has 0 saturated carbocycles. The summed E-state index contributed by atoms with van der Waals surface area (Å²) in [7, 11) is 0. The lowest BCUT2D eigenvalue weighted by molar-refractivity contribution is -0.384. The van der Waals surface area contributed by atoms with Gasteiger partial charge in [0.25, 0.3) is 5.69 Å². The number of amides is 1. The van der Waals surface area contributed by atoms with E-state index >= 15 is 0 Å². The van der Waals surface area contributed by atoms with Crippen LogP contribution in [0.1, 0.15) is 27.2 Å². The van der Waals surface area contributed by atoms with Gasteiger partial charge in [-0.15, -0.1) is 0 Å². The Morgan fingerprint density at radius 2 is 2.00 bits per heavy atom. The van der Waals surface area contributed by atoms with E-state index in [9.17, 15) is 20.2 Å². The number of nitro groups is 1. The van der Waals surface area contributed by atoms with Gasteiger partial charge in [-0.25, -0.2) is 5.43 Å². The van der Waals surface area contributed by atoms with E-state index in [0.717, 1.165) is 12.7 Å². The van der Waals surface area contributed by atoms with Gasteiger partial charge in [0.15, 0.2) is 5.76 Å². The zero-order valence-corrected chi connectivity index (χ0v) is 22.0. The number of nitrogens with one attached hydrogen (secondary N) is 1. The Morgan fingerprint density at radius 3 is 2.77 bits per heavy atom. The first-order valence-electron chi connectivity index (χ1n) is 9.97. The Morgan fingerprint density at radius 1 is 1.20 bits per heavy atom. The Balaban J connectivity index is 1.51. The van der Waals surface area contributed by atoms with E-state index in [0.29, 0.717) is 27.8 Å². The molecule has 4 rings (SSSR count). The first-order chi connectivity index (χ1) is 16.9. The van der Waals surface area contributed by atoms with E-state index in [1.165, 1.54) is 30.5 Å². The maximum absolute atomic E-state index is 12.5. The van der Waals surface area contributed by atoms with E-state index < -0.39 is 10.8 Å². The summed E-state index contributed by atoms with van der Waals surface area (Å²) in [5, 5.41) is 24.7. The first-order valence-corrected chi connectivity index (χ1v) is 12.1. The number of nitro benzene ring substituents is 1. The summed E-state index contributed by atoms with van der Waals surface area (Å²) in [5.74, 6) is -0.0712. The van der Waals surface area contributed by atoms with Gasteiger partial charge in [-0.3, -0.25) is 14.9 Å². The normalized spacial score (nSPS) is 10.9. The Labute approximate surface area is 226 Å². The van der Waals surface area contributed by atoms with Gasteiger partial charge in [-0.1, -0.05) is 18.2 Å². The van der Waals surface area contributed by atoms with Crippen LogP contribution in [0.4, 0.5) is 5.69 Å². The van der Waals surface area contributed by atoms with Crippen LogP contribution in [-0.2, 0) is 6.61 Å². The van der Waals surface area contributed by atoms with Crippen molar-refractivity contribution in [2.75, 3.05) is 0 Å². The van der Waals surface area contributed by atoms with E-state index in [1.54, 1.807) is 12.1 Å². The number of nitrogens with zero attached hydrogens (tertiary/aromatic N) is 3. The third-order valence-corrected chi connectivity index (χ3v) is 6.28. The van der Waals surface area contributed by atoms with Crippen molar-refractivity contribution in [2.24, 2.45) is 5.10 Å². The lowest BCUT2D eigenvalue weighted by atomic mass is 10.1. The van der Waals surface area contributed by atoms with Crippen molar-refractivity contribution in [3.8, 4) is 11.8 Å². The molecule has 11 heteroatoms. The average molecular weight is 692 g/mol. The molecule has 1 heterocycles. The molecule has 0 saturated heterocycles. The minimum absolute atomic E-state index is 0.0283. The van der Waals surface area contributed by atoms with Gasteiger partial charge < -0.3 is 9.15 Å². The van der Waals surface area contributed by atoms with Gasteiger partial charge >= 0.3 is 5.91 Å². The number of rotatable bonds is 7. The molecule has 0 bridgehead atoms. The first kappa shape index (κ1) is 24.6. The molecule has 0 fully saturated rings. The van der Waals surface area contributed by atoms with Crippen LogP contribution in [0.3, 0.4) is 0 Å². The minimum Gasteiger partial charge on any atom is -0.487 e. The highest BCUT2D eigenvalue weighted by Gasteiger charge is 2.15. The molecule has 3 aromatic carbocycles. The SMILES string of the molecule is N#Cc1ccccc1COc1c(I)cc(I)cc1/C=N\NC(=O)c1cc2cc([N+](=O)[O-])ccc2o1. The van der Waals surface area contributed by atoms with Crippen LogP contribution in [0.2, 0.25) is 0 Å². The fraction of sp³-hybridized carbons (Fsp3) is 0.0417. The number of ether oxygens (including phenoxy) is 1. The standard InChI is InChI=1S/C24H14I2N4O5/c25-18-7-17(23(20(26)10-18)34-13-15-4-2-1-3-14(15)11-27)12-28-29-24(31)22-9-16-8-19(30(32)33)5-6-21(16)35-22/h1-10,12H,13H2,(H,29,31)/b28-12-. The maximum atomic E-state index is 12.5. The van der Waals surface area contributed by atoms with Gasteiger partial charge in [0.05, 0.1) is 26.3 Å². The second kappa shape index (κ2) is 10.8. The van der Waals surface area contributed by atoms with Crippen molar-refractivity contribution in [1.29, 1.82) is 5.26 Å². The molecule has 0 aliphatic carbocycles. The fourth-order valence-corrected chi connectivity index (χ4v) is 5.25. The summed E-state index contributed by atoms with van der Waals surface area (Å²) in [4.78, 5) is 22.9. The van der Waals surface area contributed by atoms with Crippen LogP contribution in [0, 0.1) is 28.6 Å². The number of non-ortho nitro benzene ring substituents is 1. The number of hydrazone groups is 1. The molecule has 1 N–H and O–H groups in total. The summed E-state index contributed by atoms with van der Waals surface area (Å²) in [5.41, 5.74) is 4.58. The summed E-state index contributed by atoms with van der Waals surface area (Å²) in [6.07, 6.45) is 1.46. The van der Waals surface area contributed by atoms with Crippen molar-refractivity contribution < 1.29 is 18.9 Å². The van der Waals surface area contributed by atoms with Gasteiger partial charge in [0, 0.05) is 32.2 Å². The molecule has 0 atom stereocenters. The molecule has 0 aliphatic rings. The number of carbonyl (C=O) groups is 1. The van der Waals surface area contributed by atoms with E-state index in [4.69, 9.17) is 9.15 Å². The van der Waals surface area contributed by atoms with Gasteiger partial charge in [0.1, 0.15) is 17.9 Å². The Bertz CT molecular complexity index is 1520. The summed E-state index contributed by atoms with van der Waals surface area (Å²) in [6.45, 7) is 0.193. The summed E-state index contributed by atoms with van der Waals surface area (Å²) < 4.78 is 13.3. The predicted molar refractivity (Wildman–Crippen MR) is 145 cm³/mol. The lowest BCUT2D eigenvalue weighted by Crippen LogP contribution is -2.16. The number of nitriles is 1. The molecular weight excluding hydrogens is 678 g/mol. The molecule has 0 radical (unpaired) electrons. The molecule has 9 nitrogen and oxygen atoms in total. The van der Waals surface area contributed by atoms with E-state index in [1.807, 2.05) is 24.3 Å². The molecule has 35 heavy (non-hydrogen) atoms. The molecule has 1 aromatic heterocycles. The Kier molecular flexibility index (Phi) is 7.61. The monoisotopic (exact) mass is 692 g/mol. The van der Waals surface area contributed by atoms with Crippen molar-refractivity contribution >= 4 is 74.0 Å². The molecule has 174 valence electrons. The number of hydrogen-bond donors (Lipinski definition) is 1. The van der Waals surface area contributed by atoms with Crippen LogP contribution in [0.5, 0.6) is 5.75 Å². The molecular formula is C24H14I2N4O5. The van der Waals surface area contributed by atoms with Gasteiger partial charge in [-0.2, -0.15) is 10.4 Å². The predicted octanol–water partition coefficient (Wildman–Crippen LogP) is 5.76. The number of benzene rings is 3. The highest BCUT2D eigenvalue weighted by Crippen LogP contribution is 2.29. The highest BCUT2D eigenvalue weighted by atomic mass is 127. The topological polar surface area (TPSA) is 131 Å². The van der Waals surface area contributed by atoms with Crippen LogP contribution < -0.4 is 10.2 Å². The van der Waals surface area contributed by atoms with Crippen LogP contribution in [-0.4, -0.2) is 17.0 Å². The molecule has 0 spiro atoms. The van der Waals surface area contributed by atoms with Crippen molar-refractivity contribution in [3.63, 3.8) is 0 Å². The van der Waals surface area contributed by atoms with Crippen LogP contribution in [0.15, 0.2) is 70.2 Å². The van der Waals surface area contributed by atoms with Crippen molar-refractivity contribution in [3.05, 3.63) is 100 Å². The van der Waals surface area contributed by atoms with Gasteiger partial charge in [-0.05, 0) is 75.5 Å². The smallest absolute Gasteiger partial charge is 0.307 e. The number of fused-ring (bicyclic) bond motifs is 1. The second-order valence-electron chi connectivity index (χ2n) is 7.15. The lowest BCUT2D eigenvalue weighted by Gasteiger charge is -2.13. The average Bonchev–Trinajstić information content (AvgIpc) is 3.27. The summed E-state index contributed by atoms with van der Waals surface area (Å²) in [6, 6.07) is 18.6. The van der Waals surface area contributed by atoms with Crippen LogP contribution in [0.25, 0.3) is 11.0 Å². The Hall–Kier alpha value is -3.51. The number of halogens is 2. The third kappa shape index (κ3) is 5.77. The molecule has 1 amide bonds. The van der Waals surface area contributed by atoms with E-state index in [2.05, 4.69) is 61.8 Å². The molecule has 4 aromatic rings. The number of hydrogen-bond acceptors (Lipinski definition) is 7. The third-order valence-electron chi connectivity index (χ3n) is 4.85. The highest BCUT2D eigenvalue weighted by molar-refractivity contribution is 14.1. The second-order valence-corrected chi connectivity index (χ2v) is 9.56. The van der Waals surface area contributed by atoms with Gasteiger partial charge in [0.2, 0.25) is 0 Å². The number of furan rings is 1. The van der Waals surface area contributed by atoms with Crippen molar-refractivity contribution in [1.82, 2.24) is 5.43 Å². The maximum Gasteiger partial charge on any atom is 0.307 e. The fourth-order valence-electron chi connectivity index (χ4n) is 3.21. The molecule has 0 aliphatic heterocycles. The van der Waals surface area contributed by atoms with Crippen molar-refractivity contribution in [2.45, 2.75) is 6.61 Å². The van der Waals surface area contributed by atoms with Crippen LogP contribution >= 0.6 is 45.2 Å². The minimum atomic E-state index is -0.606. The molecule has 0 unspecified atom stereocenters.